The lowest BCUT2D eigenvalue weighted by atomic mass is 10.4. The fourth-order valence-corrected chi connectivity index (χ4v) is 0.831. The van der Waals surface area contributed by atoms with Crippen LogP contribution in [0.3, 0.4) is 0 Å². The molecule has 4 nitrogen and oxygen atoms in total. The quantitative estimate of drug-likeness (QED) is 0.658. The Balaban J connectivity index is 2.66. The van der Waals surface area contributed by atoms with E-state index in [9.17, 15) is 0 Å². The summed E-state index contributed by atoms with van der Waals surface area (Å²) in [5.41, 5.74) is 1.00. The van der Waals surface area contributed by atoms with Gasteiger partial charge in [-0.25, -0.2) is 5.90 Å². The molecular weight excluding hydrogens is 142 g/mol. The Morgan fingerprint density at radius 3 is 2.91 bits per heavy atom. The van der Waals surface area contributed by atoms with Crippen LogP contribution in [0.4, 0.5) is 0 Å². The van der Waals surface area contributed by atoms with Crippen molar-refractivity contribution in [2.45, 2.75) is 26.5 Å². The molecule has 2 N–H and O–H groups in total. The van der Waals surface area contributed by atoms with Crippen molar-refractivity contribution < 1.29 is 4.84 Å². The van der Waals surface area contributed by atoms with Crippen LogP contribution in [0, 0.1) is 0 Å². The first-order chi connectivity index (χ1) is 5.24. The minimum absolute atomic E-state index is 0.390. The molecule has 0 fully saturated rings. The number of nitrogens with zero attached hydrogens (tertiary/aromatic N) is 2. The van der Waals surface area contributed by atoms with Crippen molar-refractivity contribution in [3.63, 3.8) is 0 Å². The number of hydrogen-bond donors (Lipinski definition) is 1. The number of nitrogens with two attached hydrogens (primary N) is 1. The summed E-state index contributed by atoms with van der Waals surface area (Å²) in [6.45, 7) is 4.56. The third-order valence-electron chi connectivity index (χ3n) is 1.43. The molecule has 1 aromatic heterocycles. The van der Waals surface area contributed by atoms with E-state index in [0.29, 0.717) is 12.6 Å². The Kier molecular flexibility index (Phi) is 2.62. The van der Waals surface area contributed by atoms with Crippen LogP contribution < -0.4 is 5.90 Å². The molecule has 0 atom stereocenters. The van der Waals surface area contributed by atoms with Gasteiger partial charge in [0, 0.05) is 17.8 Å². The van der Waals surface area contributed by atoms with Crippen LogP contribution in [0.25, 0.3) is 0 Å². The van der Waals surface area contributed by atoms with Gasteiger partial charge in [0.05, 0.1) is 12.8 Å². The summed E-state index contributed by atoms with van der Waals surface area (Å²) in [7, 11) is 0. The summed E-state index contributed by atoms with van der Waals surface area (Å²) >= 11 is 0. The summed E-state index contributed by atoms with van der Waals surface area (Å²) in [4.78, 5) is 4.47. The van der Waals surface area contributed by atoms with Gasteiger partial charge in [-0.05, 0) is 13.8 Å². The van der Waals surface area contributed by atoms with Crippen LogP contribution >= 0.6 is 0 Å². The van der Waals surface area contributed by atoms with Gasteiger partial charge in [0.25, 0.3) is 0 Å². The van der Waals surface area contributed by atoms with E-state index in [1.165, 1.54) is 0 Å². The average molecular weight is 155 g/mol. The lowest BCUT2D eigenvalue weighted by molar-refractivity contribution is 0.124. The molecular formula is C7H13N3O. The molecule has 0 spiro atoms. The SMILES string of the molecule is CC(C)n1cc(CON)cn1. The molecule has 0 bridgehead atoms. The van der Waals surface area contributed by atoms with Crippen LogP contribution in [0.2, 0.25) is 0 Å². The van der Waals surface area contributed by atoms with Gasteiger partial charge >= 0.3 is 0 Å². The van der Waals surface area contributed by atoms with E-state index in [-0.39, 0.29) is 0 Å². The minimum Gasteiger partial charge on any atom is -0.300 e. The van der Waals surface area contributed by atoms with Crippen LogP contribution in [0.5, 0.6) is 0 Å². The van der Waals surface area contributed by atoms with Crippen LogP contribution in [0.15, 0.2) is 12.4 Å². The zero-order valence-electron chi connectivity index (χ0n) is 6.82. The predicted molar refractivity (Wildman–Crippen MR) is 41.6 cm³/mol. The summed E-state index contributed by atoms with van der Waals surface area (Å²) in [5.74, 6) is 4.91. The maximum Gasteiger partial charge on any atom is 0.0960 e. The van der Waals surface area contributed by atoms with Crippen LogP contribution in [0.1, 0.15) is 25.5 Å². The van der Waals surface area contributed by atoms with Gasteiger partial charge in [-0.3, -0.25) is 9.52 Å². The van der Waals surface area contributed by atoms with Crippen LogP contribution in [-0.4, -0.2) is 9.78 Å². The van der Waals surface area contributed by atoms with Gasteiger partial charge < -0.3 is 0 Å². The Hall–Kier alpha value is -0.870. The molecule has 0 aliphatic heterocycles. The largest absolute Gasteiger partial charge is 0.300 e. The standard InChI is InChI=1S/C7H13N3O/c1-6(2)10-4-7(3-9-10)5-11-8/h3-4,6H,5,8H2,1-2H3. The van der Waals surface area contributed by atoms with Crippen molar-refractivity contribution in [2.75, 3.05) is 0 Å². The summed E-state index contributed by atoms with van der Waals surface area (Å²) in [6.07, 6.45) is 3.68. The molecule has 0 aliphatic rings. The first-order valence-electron chi connectivity index (χ1n) is 3.58. The van der Waals surface area contributed by atoms with Gasteiger partial charge in [0.15, 0.2) is 0 Å². The molecule has 0 aliphatic carbocycles. The van der Waals surface area contributed by atoms with E-state index in [1.54, 1.807) is 6.20 Å². The molecule has 1 heterocycles. The molecule has 62 valence electrons. The highest BCUT2D eigenvalue weighted by molar-refractivity contribution is 5.02. The van der Waals surface area contributed by atoms with E-state index >= 15 is 0 Å². The highest BCUT2D eigenvalue weighted by Gasteiger charge is 2.00. The number of rotatable bonds is 3. The van der Waals surface area contributed by atoms with Crippen molar-refractivity contribution in [3.8, 4) is 0 Å². The Bertz CT molecular complexity index is 219. The number of hydrogen-bond acceptors (Lipinski definition) is 3. The minimum atomic E-state index is 0.390. The van der Waals surface area contributed by atoms with Gasteiger partial charge in [-0.2, -0.15) is 5.10 Å². The zero-order chi connectivity index (χ0) is 8.27. The van der Waals surface area contributed by atoms with Crippen molar-refractivity contribution in [2.24, 2.45) is 5.90 Å². The fraction of sp³-hybridized carbons (Fsp3) is 0.571. The summed E-state index contributed by atoms with van der Waals surface area (Å²) in [6, 6.07) is 0.390. The van der Waals surface area contributed by atoms with Crippen molar-refractivity contribution in [3.05, 3.63) is 18.0 Å². The molecule has 11 heavy (non-hydrogen) atoms. The van der Waals surface area contributed by atoms with Gasteiger partial charge in [0.1, 0.15) is 0 Å². The third-order valence-corrected chi connectivity index (χ3v) is 1.43. The van der Waals surface area contributed by atoms with Crippen molar-refractivity contribution in [1.29, 1.82) is 0 Å². The highest BCUT2D eigenvalue weighted by atomic mass is 16.6. The Morgan fingerprint density at radius 1 is 1.73 bits per heavy atom. The molecule has 0 aromatic carbocycles. The van der Waals surface area contributed by atoms with E-state index in [0.717, 1.165) is 5.56 Å². The first kappa shape index (κ1) is 8.23. The van der Waals surface area contributed by atoms with E-state index in [2.05, 4.69) is 23.8 Å². The summed E-state index contributed by atoms with van der Waals surface area (Å²) in [5, 5.41) is 4.12. The lowest BCUT2D eigenvalue weighted by Gasteiger charge is -2.02. The maximum atomic E-state index is 4.91. The molecule has 0 unspecified atom stereocenters. The maximum absolute atomic E-state index is 4.91. The highest BCUT2D eigenvalue weighted by Crippen LogP contribution is 2.05. The first-order valence-corrected chi connectivity index (χ1v) is 3.58. The smallest absolute Gasteiger partial charge is 0.0960 e. The molecule has 0 amide bonds. The van der Waals surface area contributed by atoms with Gasteiger partial charge in [-0.1, -0.05) is 0 Å². The second-order valence-corrected chi connectivity index (χ2v) is 2.73. The fourth-order valence-electron chi connectivity index (χ4n) is 0.831. The van der Waals surface area contributed by atoms with E-state index < -0.39 is 0 Å². The van der Waals surface area contributed by atoms with Crippen LogP contribution in [-0.2, 0) is 11.4 Å². The zero-order valence-corrected chi connectivity index (χ0v) is 6.82. The molecule has 1 aromatic rings. The monoisotopic (exact) mass is 155 g/mol. The molecule has 1 rings (SSSR count). The summed E-state index contributed by atoms with van der Waals surface area (Å²) < 4.78 is 1.87. The topological polar surface area (TPSA) is 53.1 Å². The van der Waals surface area contributed by atoms with Crippen molar-refractivity contribution in [1.82, 2.24) is 9.78 Å². The average Bonchev–Trinajstić information content (AvgIpc) is 2.37. The second kappa shape index (κ2) is 3.50. The van der Waals surface area contributed by atoms with E-state index in [1.807, 2.05) is 10.9 Å². The Labute approximate surface area is 65.9 Å². The second-order valence-electron chi connectivity index (χ2n) is 2.73. The van der Waals surface area contributed by atoms with Crippen molar-refractivity contribution >= 4 is 0 Å². The van der Waals surface area contributed by atoms with Gasteiger partial charge in [-0.15, -0.1) is 0 Å². The van der Waals surface area contributed by atoms with E-state index in [4.69, 9.17) is 5.90 Å². The molecule has 0 saturated heterocycles. The number of aromatic nitrogens is 2. The lowest BCUT2D eigenvalue weighted by Crippen LogP contribution is -2.00. The molecule has 0 saturated carbocycles. The Morgan fingerprint density at radius 2 is 2.45 bits per heavy atom. The van der Waals surface area contributed by atoms with Gasteiger partial charge in [0.2, 0.25) is 0 Å². The molecule has 4 heteroatoms. The normalized spacial score (nSPS) is 10.9. The predicted octanol–water partition coefficient (Wildman–Crippen LogP) is 0.854. The molecule has 0 radical (unpaired) electrons. The third kappa shape index (κ3) is 2.03.